The Labute approximate surface area is 257 Å². The molecule has 0 aromatic heterocycles. The number of benzene rings is 3. The molecule has 3 aromatic carbocycles. The quantitative estimate of drug-likeness (QED) is 0.365. The van der Waals surface area contributed by atoms with E-state index in [-0.39, 0.29) is 17.9 Å². The summed E-state index contributed by atoms with van der Waals surface area (Å²) < 4.78 is 0. The molecule has 7 heteroatoms. The number of primary amides is 1. The monoisotopic (exact) mass is 581 g/mol. The van der Waals surface area contributed by atoms with Crippen LogP contribution in [0.2, 0.25) is 0 Å². The van der Waals surface area contributed by atoms with Crippen LogP contribution in [0.3, 0.4) is 0 Å². The van der Waals surface area contributed by atoms with Crippen molar-refractivity contribution >= 4 is 11.8 Å². The van der Waals surface area contributed by atoms with E-state index in [2.05, 4.69) is 51.5 Å². The minimum Gasteiger partial charge on any atom is -0.368 e. The molecule has 0 spiro atoms. The van der Waals surface area contributed by atoms with Crippen LogP contribution in [-0.2, 0) is 16.0 Å². The van der Waals surface area contributed by atoms with Gasteiger partial charge in [-0.1, -0.05) is 85.8 Å². The van der Waals surface area contributed by atoms with Gasteiger partial charge in [-0.25, -0.2) is 0 Å². The van der Waals surface area contributed by atoms with Crippen LogP contribution in [0.25, 0.3) is 0 Å². The average Bonchev–Trinajstić information content (AvgIpc) is 3.73. The Morgan fingerprint density at radius 3 is 2.14 bits per heavy atom. The van der Waals surface area contributed by atoms with Crippen molar-refractivity contribution in [2.24, 2.45) is 5.73 Å². The van der Waals surface area contributed by atoms with Gasteiger partial charge in [-0.3, -0.25) is 9.59 Å². The zero-order valence-electron chi connectivity index (χ0n) is 25.7. The Bertz CT molecular complexity index is 1240. The molecule has 2 aliphatic heterocycles. The van der Waals surface area contributed by atoms with Gasteiger partial charge in [0.2, 0.25) is 11.8 Å². The third-order valence-corrected chi connectivity index (χ3v) is 8.12. The van der Waals surface area contributed by atoms with E-state index in [9.17, 15) is 9.59 Å². The van der Waals surface area contributed by atoms with Gasteiger partial charge in [0.1, 0.15) is 0 Å². The number of amides is 2. The summed E-state index contributed by atoms with van der Waals surface area (Å²) in [6.07, 6.45) is 5.56. The van der Waals surface area contributed by atoms with E-state index >= 15 is 0 Å². The Kier molecular flexibility index (Phi) is 14.4. The van der Waals surface area contributed by atoms with Crippen LogP contribution in [-0.4, -0.2) is 66.9 Å². The summed E-state index contributed by atoms with van der Waals surface area (Å²) in [5.74, 6) is 0.389. The smallest absolute Gasteiger partial charge is 0.234 e. The van der Waals surface area contributed by atoms with Gasteiger partial charge in [0.15, 0.2) is 0 Å². The lowest BCUT2D eigenvalue weighted by Crippen LogP contribution is -2.42. The molecule has 2 heterocycles. The minimum absolute atomic E-state index is 0.157. The first-order chi connectivity index (χ1) is 20.9. The molecular weight excluding hydrogens is 534 g/mol. The highest BCUT2D eigenvalue weighted by molar-refractivity contribution is 5.79. The van der Waals surface area contributed by atoms with Crippen LogP contribution >= 0.6 is 0 Å². The number of likely N-dealkylation sites (N-methyl/N-ethyl adjacent to an activating group) is 1. The van der Waals surface area contributed by atoms with Crippen LogP contribution in [0.4, 0.5) is 0 Å². The number of hydrogen-bond donors (Lipinski definition) is 2. The van der Waals surface area contributed by atoms with Crippen LogP contribution < -0.4 is 11.1 Å². The molecule has 0 aliphatic carbocycles. The molecule has 2 aliphatic rings. The van der Waals surface area contributed by atoms with Gasteiger partial charge in [-0.05, 0) is 75.5 Å². The van der Waals surface area contributed by atoms with Gasteiger partial charge in [-0.2, -0.15) is 5.26 Å². The van der Waals surface area contributed by atoms with E-state index in [0.29, 0.717) is 30.4 Å². The van der Waals surface area contributed by atoms with Crippen molar-refractivity contribution in [3.05, 3.63) is 108 Å². The topological polar surface area (TPSA) is 102 Å². The largest absolute Gasteiger partial charge is 0.368 e. The Morgan fingerprint density at radius 1 is 0.977 bits per heavy atom. The highest BCUT2D eigenvalue weighted by Gasteiger charge is 2.36. The van der Waals surface area contributed by atoms with Gasteiger partial charge in [-0.15, -0.1) is 0 Å². The molecule has 3 atom stereocenters. The third-order valence-electron chi connectivity index (χ3n) is 8.12. The van der Waals surface area contributed by atoms with E-state index in [1.54, 1.807) is 7.05 Å². The first kappa shape index (κ1) is 33.5. The second-order valence-corrected chi connectivity index (χ2v) is 11.2. The molecule has 43 heavy (non-hydrogen) atoms. The summed E-state index contributed by atoms with van der Waals surface area (Å²) in [5.41, 5.74) is 8.02. The molecule has 3 N–H and O–H groups in total. The Balaban J connectivity index is 0.000000298. The van der Waals surface area contributed by atoms with Crippen LogP contribution in [0.15, 0.2) is 91.0 Å². The molecule has 228 valence electrons. The second kappa shape index (κ2) is 18.5. The lowest BCUT2D eigenvalue weighted by Gasteiger charge is -2.28. The number of rotatable bonds is 9. The van der Waals surface area contributed by atoms with Gasteiger partial charge >= 0.3 is 0 Å². The number of nitrogens with two attached hydrogens (primary N) is 1. The standard InChI is InChI=1S/C25H29N3O.C6H6.C5H12N2O/c26-17-21-8-6-7-20(15-21)11-12-25(29)28-18-23(22-9-2-1-3-10-22)16-24(28)19-27-13-4-5-14-27;1-2-4-6-5-3-1;1-3-4(7-2)5(6)8/h1-3,6-10,15,23-24H,4-5,11-14,16,18-19H2;1-6H;4,7H,3H2,1-2H3,(H2,6,8). The SMILES string of the molecule is CCC(NC)C(N)=O.N#Cc1cccc(CCC(=O)N2CC(c3ccccc3)CC2CN2CCCC2)c1.c1ccccc1. The molecule has 3 aromatic rings. The number of carbonyl (C=O) groups is 2. The maximum Gasteiger partial charge on any atom is 0.234 e. The Morgan fingerprint density at radius 2 is 1.60 bits per heavy atom. The van der Waals surface area contributed by atoms with Crippen molar-refractivity contribution in [1.29, 1.82) is 5.26 Å². The van der Waals surface area contributed by atoms with E-state index in [4.69, 9.17) is 11.0 Å². The van der Waals surface area contributed by atoms with Crippen molar-refractivity contribution in [2.75, 3.05) is 33.2 Å². The minimum atomic E-state index is -0.282. The molecule has 0 saturated carbocycles. The summed E-state index contributed by atoms with van der Waals surface area (Å²) in [5, 5.41) is 11.9. The number of likely N-dealkylation sites (tertiary alicyclic amines) is 2. The molecule has 3 unspecified atom stereocenters. The summed E-state index contributed by atoms with van der Waals surface area (Å²) in [4.78, 5) is 28.2. The molecule has 0 radical (unpaired) electrons. The number of carbonyl (C=O) groups excluding carboxylic acids is 2. The van der Waals surface area contributed by atoms with Gasteiger partial charge in [0.25, 0.3) is 0 Å². The lowest BCUT2D eigenvalue weighted by molar-refractivity contribution is -0.132. The van der Waals surface area contributed by atoms with Crippen molar-refractivity contribution in [2.45, 2.75) is 63.5 Å². The molecule has 2 fully saturated rings. The van der Waals surface area contributed by atoms with Crippen molar-refractivity contribution in [3.8, 4) is 6.07 Å². The third kappa shape index (κ3) is 11.3. The highest BCUT2D eigenvalue weighted by Crippen LogP contribution is 2.33. The molecule has 0 bridgehead atoms. The fourth-order valence-electron chi connectivity index (χ4n) is 5.75. The van der Waals surface area contributed by atoms with E-state index < -0.39 is 0 Å². The highest BCUT2D eigenvalue weighted by atomic mass is 16.2. The van der Waals surface area contributed by atoms with Gasteiger partial charge < -0.3 is 20.9 Å². The molecule has 2 amide bonds. The van der Waals surface area contributed by atoms with Crippen molar-refractivity contribution in [1.82, 2.24) is 15.1 Å². The van der Waals surface area contributed by atoms with Gasteiger partial charge in [0.05, 0.1) is 17.7 Å². The zero-order valence-corrected chi connectivity index (χ0v) is 25.7. The number of nitrogens with one attached hydrogen (secondary N) is 1. The fourth-order valence-corrected chi connectivity index (χ4v) is 5.75. The van der Waals surface area contributed by atoms with Crippen LogP contribution in [0.5, 0.6) is 0 Å². The number of aryl methyl sites for hydroxylation is 1. The summed E-state index contributed by atoms with van der Waals surface area (Å²) >= 11 is 0. The molecule has 2 saturated heterocycles. The Hall–Kier alpha value is -3.99. The molecular formula is C36H47N5O2. The predicted octanol–water partition coefficient (Wildman–Crippen LogP) is 5.13. The maximum atomic E-state index is 13.2. The number of hydrogen-bond acceptors (Lipinski definition) is 5. The van der Waals surface area contributed by atoms with E-state index in [0.717, 1.165) is 44.6 Å². The zero-order chi connectivity index (χ0) is 30.9. The average molecular weight is 582 g/mol. The first-order valence-electron chi connectivity index (χ1n) is 15.5. The number of nitrogens with zero attached hydrogens (tertiary/aromatic N) is 3. The normalized spacial score (nSPS) is 18.4. The molecule has 7 nitrogen and oxygen atoms in total. The first-order valence-corrected chi connectivity index (χ1v) is 15.5. The number of nitriles is 1. The summed E-state index contributed by atoms with van der Waals surface area (Å²) in [7, 11) is 1.72. The summed E-state index contributed by atoms with van der Waals surface area (Å²) in [6.45, 7) is 6.05. The maximum absolute atomic E-state index is 13.2. The van der Waals surface area contributed by atoms with Crippen LogP contribution in [0, 0.1) is 11.3 Å². The van der Waals surface area contributed by atoms with Crippen LogP contribution in [0.1, 0.15) is 61.6 Å². The second-order valence-electron chi connectivity index (χ2n) is 11.2. The summed E-state index contributed by atoms with van der Waals surface area (Å²) in [6, 6.07) is 32.6. The fraction of sp³-hybridized carbons (Fsp3) is 0.417. The van der Waals surface area contributed by atoms with Gasteiger partial charge in [0, 0.05) is 31.5 Å². The van der Waals surface area contributed by atoms with Crippen molar-refractivity contribution < 1.29 is 9.59 Å². The van der Waals surface area contributed by atoms with E-state index in [1.807, 2.05) is 67.6 Å². The van der Waals surface area contributed by atoms with E-state index in [1.165, 1.54) is 18.4 Å². The lowest BCUT2D eigenvalue weighted by atomic mass is 9.96. The molecule has 5 rings (SSSR count). The van der Waals surface area contributed by atoms with Crippen molar-refractivity contribution in [3.63, 3.8) is 0 Å². The predicted molar refractivity (Wildman–Crippen MR) is 173 cm³/mol.